The minimum atomic E-state index is -0.151. The van der Waals surface area contributed by atoms with Gasteiger partial charge in [0.2, 0.25) is 0 Å². The Morgan fingerprint density at radius 1 is 0.969 bits per heavy atom. The number of hydrogen-bond acceptors (Lipinski definition) is 0. The number of benzene rings is 1. The van der Waals surface area contributed by atoms with E-state index >= 15 is 4.39 Å². The second-order valence-electron chi connectivity index (χ2n) is 8.38. The van der Waals surface area contributed by atoms with E-state index in [1.54, 1.807) is 0 Å². The number of allylic oxidation sites excluding steroid dienone is 8. The first kappa shape index (κ1) is 25.5. The van der Waals surface area contributed by atoms with Crippen LogP contribution in [0, 0.1) is 36.5 Å². The van der Waals surface area contributed by atoms with E-state index in [1.807, 2.05) is 52.0 Å². The topological polar surface area (TPSA) is 0 Å². The zero-order valence-corrected chi connectivity index (χ0v) is 20.7. The molecule has 0 spiro atoms. The van der Waals surface area contributed by atoms with Gasteiger partial charge >= 0.3 is 0 Å². The standard InChI is InChI=1S/C29H31F.C2H6/c1-5-26(20-19-25-16-11-22(3)12-17-25)29(30)28(27-7-6-8-27)23(4)13-18-24-14-9-21(2)10-15-24;1-2/h9,11-12,14,16-17,27H,5-8,10,15H2,1-4H3;1-2H3/b28-23+,29-26-;. The molecule has 2 aliphatic carbocycles. The Kier molecular flexibility index (Phi) is 10.3. The second-order valence-corrected chi connectivity index (χ2v) is 8.38. The highest BCUT2D eigenvalue weighted by Crippen LogP contribution is 2.40. The molecule has 32 heavy (non-hydrogen) atoms. The van der Waals surface area contributed by atoms with E-state index in [0.717, 1.165) is 54.4 Å². The molecule has 0 unspecified atom stereocenters. The van der Waals surface area contributed by atoms with Crippen molar-refractivity contribution in [3.8, 4) is 23.7 Å². The van der Waals surface area contributed by atoms with E-state index < -0.39 is 0 Å². The fraction of sp³-hybridized carbons (Fsp3) is 0.419. The number of halogens is 1. The van der Waals surface area contributed by atoms with Gasteiger partial charge in [-0.25, -0.2) is 4.39 Å². The van der Waals surface area contributed by atoms with Gasteiger partial charge in [0.25, 0.3) is 0 Å². The molecule has 0 nitrogen and oxygen atoms in total. The van der Waals surface area contributed by atoms with Gasteiger partial charge in [-0.1, -0.05) is 86.3 Å². The summed E-state index contributed by atoms with van der Waals surface area (Å²) in [5.74, 6) is 12.9. The molecule has 0 bridgehead atoms. The average molecular weight is 429 g/mol. The van der Waals surface area contributed by atoms with Crippen molar-refractivity contribution >= 4 is 0 Å². The van der Waals surface area contributed by atoms with Gasteiger partial charge in [-0.3, -0.25) is 0 Å². The summed E-state index contributed by atoms with van der Waals surface area (Å²) in [5.41, 5.74) is 6.84. The smallest absolute Gasteiger partial charge is 0.139 e. The van der Waals surface area contributed by atoms with E-state index in [1.165, 1.54) is 11.1 Å². The van der Waals surface area contributed by atoms with Crippen LogP contribution in [0.5, 0.6) is 0 Å². The van der Waals surface area contributed by atoms with Crippen molar-refractivity contribution < 1.29 is 4.39 Å². The molecule has 0 saturated heterocycles. The zero-order chi connectivity index (χ0) is 23.5. The van der Waals surface area contributed by atoms with Crippen molar-refractivity contribution in [1.82, 2.24) is 0 Å². The molecule has 168 valence electrons. The van der Waals surface area contributed by atoms with Crippen LogP contribution in [0.25, 0.3) is 0 Å². The van der Waals surface area contributed by atoms with E-state index in [2.05, 4.69) is 49.7 Å². The predicted molar refractivity (Wildman–Crippen MR) is 137 cm³/mol. The van der Waals surface area contributed by atoms with Crippen LogP contribution in [0.3, 0.4) is 0 Å². The Balaban J connectivity index is 0.00000176. The monoisotopic (exact) mass is 428 g/mol. The summed E-state index contributed by atoms with van der Waals surface area (Å²) >= 11 is 0. The molecule has 0 aromatic heterocycles. The van der Waals surface area contributed by atoms with Crippen LogP contribution in [0.2, 0.25) is 0 Å². The van der Waals surface area contributed by atoms with E-state index in [9.17, 15) is 0 Å². The molecule has 0 aliphatic heterocycles. The Labute approximate surface area is 195 Å². The molecular formula is C31H37F. The summed E-state index contributed by atoms with van der Waals surface area (Å²) in [6, 6.07) is 8.04. The predicted octanol–water partition coefficient (Wildman–Crippen LogP) is 8.79. The lowest BCUT2D eigenvalue weighted by atomic mass is 9.76. The van der Waals surface area contributed by atoms with Crippen molar-refractivity contribution in [1.29, 1.82) is 0 Å². The zero-order valence-electron chi connectivity index (χ0n) is 20.7. The van der Waals surface area contributed by atoms with Gasteiger partial charge in [0.1, 0.15) is 5.83 Å². The minimum Gasteiger partial charge on any atom is -0.206 e. The Morgan fingerprint density at radius 3 is 2.19 bits per heavy atom. The van der Waals surface area contributed by atoms with Crippen LogP contribution >= 0.6 is 0 Å². The van der Waals surface area contributed by atoms with Gasteiger partial charge in [0, 0.05) is 27.9 Å². The van der Waals surface area contributed by atoms with Gasteiger partial charge in [-0.05, 0) is 70.9 Å². The highest BCUT2D eigenvalue weighted by Gasteiger charge is 2.27. The van der Waals surface area contributed by atoms with Crippen LogP contribution in [0.15, 0.2) is 70.1 Å². The summed E-state index contributed by atoms with van der Waals surface area (Å²) in [6.45, 7) is 12.1. The molecule has 1 heteroatoms. The molecule has 1 saturated carbocycles. The van der Waals surface area contributed by atoms with Crippen molar-refractivity contribution in [2.75, 3.05) is 0 Å². The van der Waals surface area contributed by atoms with E-state index in [0.29, 0.717) is 12.0 Å². The van der Waals surface area contributed by atoms with Crippen molar-refractivity contribution in [3.05, 3.63) is 81.2 Å². The molecule has 0 radical (unpaired) electrons. The Morgan fingerprint density at radius 2 is 1.66 bits per heavy atom. The number of hydrogen-bond donors (Lipinski definition) is 0. The van der Waals surface area contributed by atoms with E-state index in [4.69, 9.17) is 0 Å². The van der Waals surface area contributed by atoms with Crippen LogP contribution in [-0.4, -0.2) is 0 Å². The Bertz CT molecular complexity index is 1030. The maximum atomic E-state index is 15.7. The largest absolute Gasteiger partial charge is 0.206 e. The summed E-state index contributed by atoms with van der Waals surface area (Å²) < 4.78 is 15.7. The molecule has 1 aromatic rings. The summed E-state index contributed by atoms with van der Waals surface area (Å²) in [4.78, 5) is 0. The lowest BCUT2D eigenvalue weighted by Gasteiger charge is -2.28. The molecule has 1 aromatic carbocycles. The molecule has 0 amide bonds. The van der Waals surface area contributed by atoms with Crippen LogP contribution in [0.1, 0.15) is 84.3 Å². The van der Waals surface area contributed by atoms with Crippen molar-refractivity contribution in [3.63, 3.8) is 0 Å². The van der Waals surface area contributed by atoms with Gasteiger partial charge in [0.05, 0.1) is 0 Å². The molecular weight excluding hydrogens is 391 g/mol. The third-order valence-corrected chi connectivity index (χ3v) is 5.95. The molecule has 0 atom stereocenters. The highest BCUT2D eigenvalue weighted by molar-refractivity contribution is 5.52. The molecule has 2 aliphatic rings. The van der Waals surface area contributed by atoms with Crippen molar-refractivity contribution in [2.45, 2.75) is 80.1 Å². The van der Waals surface area contributed by atoms with E-state index in [-0.39, 0.29) is 11.7 Å². The SMILES string of the molecule is CC.CC/C(C#Cc1ccc(C)cc1)=C(F)\C(=C(/C)C#CC1=CC=C(C)CC1)C1CCC1. The molecule has 0 N–H and O–H groups in total. The average Bonchev–Trinajstić information content (AvgIpc) is 2.78. The summed E-state index contributed by atoms with van der Waals surface area (Å²) in [7, 11) is 0. The Hall–Kier alpha value is -2.77. The van der Waals surface area contributed by atoms with Crippen molar-refractivity contribution in [2.24, 2.45) is 5.92 Å². The minimum absolute atomic E-state index is 0.151. The quantitative estimate of drug-likeness (QED) is 0.333. The fourth-order valence-corrected chi connectivity index (χ4v) is 3.68. The lowest BCUT2D eigenvalue weighted by molar-refractivity contribution is 0.358. The molecule has 3 rings (SSSR count). The third-order valence-electron chi connectivity index (χ3n) is 5.95. The van der Waals surface area contributed by atoms with Crippen LogP contribution in [0.4, 0.5) is 4.39 Å². The van der Waals surface area contributed by atoms with Gasteiger partial charge < -0.3 is 0 Å². The second kappa shape index (κ2) is 12.9. The normalized spacial score (nSPS) is 16.8. The molecule has 1 fully saturated rings. The van der Waals surface area contributed by atoms with Crippen LogP contribution in [-0.2, 0) is 0 Å². The number of rotatable bonds is 3. The lowest BCUT2D eigenvalue weighted by Crippen LogP contribution is -2.16. The van der Waals surface area contributed by atoms with Gasteiger partial charge in [-0.15, -0.1) is 0 Å². The maximum absolute atomic E-state index is 15.7. The van der Waals surface area contributed by atoms with Gasteiger partial charge in [-0.2, -0.15) is 0 Å². The number of aryl methyl sites for hydroxylation is 1. The van der Waals surface area contributed by atoms with Gasteiger partial charge in [0.15, 0.2) is 0 Å². The molecule has 0 heterocycles. The summed E-state index contributed by atoms with van der Waals surface area (Å²) in [5, 5.41) is 0. The third kappa shape index (κ3) is 7.14. The first-order valence-electron chi connectivity index (χ1n) is 12.0. The van der Waals surface area contributed by atoms with Crippen LogP contribution < -0.4 is 0 Å². The maximum Gasteiger partial charge on any atom is 0.139 e. The summed E-state index contributed by atoms with van der Waals surface area (Å²) in [6.07, 6.45) is 10.1. The highest BCUT2D eigenvalue weighted by atomic mass is 19.1. The first-order chi connectivity index (χ1) is 15.5. The fourth-order valence-electron chi connectivity index (χ4n) is 3.68. The first-order valence-corrected chi connectivity index (χ1v) is 12.0.